The van der Waals surface area contributed by atoms with Gasteiger partial charge < -0.3 is 14.3 Å². The highest BCUT2D eigenvalue weighted by molar-refractivity contribution is 9.10. The number of hydrogen-bond donors (Lipinski definition) is 3. The molecule has 1 aliphatic rings. The van der Waals surface area contributed by atoms with E-state index in [1.54, 1.807) is 13.8 Å². The standard InChI is InChI=1S/C22H22BrClFN3O6S/c1-10-12(23)4-6-14(25)16(10)11(2)18(20-26-27-21(29)34-20)28-35(31,32)15-7-5-13(24)17-19(15)33-9-8-22(17,3)30/h4-7,11,18,28,30H,8-9H2,1-3H3,(H,27,29). The molecule has 3 atom stereocenters. The van der Waals surface area contributed by atoms with Crippen LogP contribution in [0.25, 0.3) is 0 Å². The molecule has 2 aromatic carbocycles. The number of halogens is 3. The molecular formula is C22H22BrClFN3O6S. The van der Waals surface area contributed by atoms with Gasteiger partial charge in [-0.3, -0.25) is 0 Å². The van der Waals surface area contributed by atoms with Gasteiger partial charge in [-0.05, 0) is 49.2 Å². The van der Waals surface area contributed by atoms with Crippen molar-refractivity contribution in [2.24, 2.45) is 0 Å². The van der Waals surface area contributed by atoms with Crippen molar-refractivity contribution in [3.05, 3.63) is 72.7 Å². The molecule has 0 radical (unpaired) electrons. The summed E-state index contributed by atoms with van der Waals surface area (Å²) in [6, 6.07) is 4.11. The molecular weight excluding hydrogens is 569 g/mol. The molecule has 0 aliphatic carbocycles. The van der Waals surface area contributed by atoms with E-state index in [0.29, 0.717) is 10.0 Å². The van der Waals surface area contributed by atoms with E-state index in [9.17, 15) is 22.7 Å². The number of sulfonamides is 1. The van der Waals surface area contributed by atoms with Crippen LogP contribution < -0.4 is 15.2 Å². The van der Waals surface area contributed by atoms with Gasteiger partial charge in [-0.25, -0.2) is 22.7 Å². The Hall–Kier alpha value is -2.25. The second kappa shape index (κ2) is 9.32. The van der Waals surface area contributed by atoms with E-state index in [4.69, 9.17) is 20.8 Å². The summed E-state index contributed by atoms with van der Waals surface area (Å²) >= 11 is 9.63. The zero-order valence-electron chi connectivity index (χ0n) is 18.9. The molecule has 3 unspecified atom stereocenters. The fourth-order valence-electron chi connectivity index (χ4n) is 4.24. The first-order valence-electron chi connectivity index (χ1n) is 10.5. The van der Waals surface area contributed by atoms with Crippen molar-refractivity contribution in [1.82, 2.24) is 14.9 Å². The molecule has 35 heavy (non-hydrogen) atoms. The SMILES string of the molecule is Cc1c(Br)ccc(F)c1C(C)C(NS(=O)(=O)c1ccc(Cl)c2c1OCCC2(C)O)c1n[nH]c(=O)o1. The Labute approximate surface area is 213 Å². The molecule has 4 rings (SSSR count). The second-order valence-electron chi connectivity index (χ2n) is 8.53. The molecule has 1 aromatic heterocycles. The van der Waals surface area contributed by atoms with Crippen LogP contribution in [0.3, 0.4) is 0 Å². The largest absolute Gasteiger partial charge is 0.492 e. The van der Waals surface area contributed by atoms with Gasteiger partial charge in [0, 0.05) is 22.4 Å². The van der Waals surface area contributed by atoms with Crippen molar-refractivity contribution in [3.8, 4) is 5.75 Å². The van der Waals surface area contributed by atoms with Crippen LogP contribution in [0.1, 0.15) is 54.8 Å². The fourth-order valence-corrected chi connectivity index (χ4v) is 6.36. The Bertz CT molecular complexity index is 1460. The normalized spacial score (nSPS) is 19.6. The van der Waals surface area contributed by atoms with Crippen LogP contribution in [0.4, 0.5) is 4.39 Å². The van der Waals surface area contributed by atoms with Crippen LogP contribution in [0, 0.1) is 12.7 Å². The lowest BCUT2D eigenvalue weighted by atomic mass is 9.90. The Morgan fingerprint density at radius 1 is 1.34 bits per heavy atom. The molecule has 188 valence electrons. The molecule has 3 N–H and O–H groups in total. The van der Waals surface area contributed by atoms with Gasteiger partial charge in [0.15, 0.2) is 0 Å². The van der Waals surface area contributed by atoms with E-state index in [1.807, 2.05) is 0 Å². The first-order valence-corrected chi connectivity index (χ1v) is 13.2. The number of aliphatic hydroxyl groups is 1. The number of hydrogen-bond acceptors (Lipinski definition) is 7. The van der Waals surface area contributed by atoms with Gasteiger partial charge in [-0.2, -0.15) is 4.72 Å². The number of ether oxygens (including phenoxy) is 1. The van der Waals surface area contributed by atoms with Gasteiger partial charge in [-0.15, -0.1) is 5.10 Å². The molecule has 2 heterocycles. The molecule has 1 aliphatic heterocycles. The quantitative estimate of drug-likeness (QED) is 0.394. The van der Waals surface area contributed by atoms with Gasteiger partial charge in [-0.1, -0.05) is 34.5 Å². The number of nitrogens with zero attached hydrogens (tertiary/aromatic N) is 1. The monoisotopic (exact) mass is 589 g/mol. The zero-order valence-corrected chi connectivity index (χ0v) is 22.0. The number of H-pyrrole nitrogens is 1. The predicted octanol–water partition coefficient (Wildman–Crippen LogP) is 4.04. The minimum absolute atomic E-state index is 0.0688. The second-order valence-corrected chi connectivity index (χ2v) is 11.5. The van der Waals surface area contributed by atoms with E-state index in [0.717, 1.165) is 0 Å². The summed E-state index contributed by atoms with van der Waals surface area (Å²) in [5.41, 5.74) is -0.509. The maximum Gasteiger partial charge on any atom is 0.434 e. The molecule has 9 nitrogen and oxygen atoms in total. The molecule has 3 aromatic rings. The van der Waals surface area contributed by atoms with Crippen LogP contribution >= 0.6 is 27.5 Å². The molecule has 0 bridgehead atoms. The minimum Gasteiger partial charge on any atom is -0.492 e. The number of fused-ring (bicyclic) bond motifs is 1. The van der Waals surface area contributed by atoms with Gasteiger partial charge in [0.2, 0.25) is 15.9 Å². The molecule has 0 saturated heterocycles. The number of aromatic amines is 1. The number of aromatic nitrogens is 2. The Kier molecular flexibility index (Phi) is 6.88. The van der Waals surface area contributed by atoms with Crippen molar-refractivity contribution in [2.75, 3.05) is 6.61 Å². The van der Waals surface area contributed by atoms with Crippen molar-refractivity contribution in [3.63, 3.8) is 0 Å². The highest BCUT2D eigenvalue weighted by Gasteiger charge is 2.39. The summed E-state index contributed by atoms with van der Waals surface area (Å²) < 4.78 is 55.9. The summed E-state index contributed by atoms with van der Waals surface area (Å²) in [6.07, 6.45) is 0.218. The van der Waals surface area contributed by atoms with E-state index in [2.05, 4.69) is 30.8 Å². The molecule has 0 amide bonds. The van der Waals surface area contributed by atoms with Crippen molar-refractivity contribution >= 4 is 37.6 Å². The minimum atomic E-state index is -4.39. The Balaban J connectivity index is 1.84. The van der Waals surface area contributed by atoms with Crippen LogP contribution in [0.2, 0.25) is 5.02 Å². The maximum atomic E-state index is 14.9. The molecule has 0 fully saturated rings. The summed E-state index contributed by atoms with van der Waals surface area (Å²) in [6.45, 7) is 4.85. The van der Waals surface area contributed by atoms with Crippen LogP contribution in [0.5, 0.6) is 5.75 Å². The lowest BCUT2D eigenvalue weighted by molar-refractivity contribution is 0.0135. The van der Waals surface area contributed by atoms with Crippen molar-refractivity contribution in [2.45, 2.75) is 49.6 Å². The van der Waals surface area contributed by atoms with Gasteiger partial charge in [0.1, 0.15) is 22.5 Å². The first-order chi connectivity index (χ1) is 16.3. The predicted molar refractivity (Wildman–Crippen MR) is 129 cm³/mol. The molecule has 0 spiro atoms. The summed E-state index contributed by atoms with van der Waals surface area (Å²) in [5, 5.41) is 16.8. The smallest absolute Gasteiger partial charge is 0.434 e. The van der Waals surface area contributed by atoms with Crippen LogP contribution in [-0.2, 0) is 15.6 Å². The summed E-state index contributed by atoms with van der Waals surface area (Å²) in [4.78, 5) is 11.4. The molecule has 13 heteroatoms. The van der Waals surface area contributed by atoms with Crippen LogP contribution in [-0.4, -0.2) is 30.3 Å². The highest BCUT2D eigenvalue weighted by Crippen LogP contribution is 2.45. The lowest BCUT2D eigenvalue weighted by Crippen LogP contribution is -2.35. The third-order valence-corrected chi connectivity index (χ3v) is 8.73. The van der Waals surface area contributed by atoms with Gasteiger partial charge >= 0.3 is 5.76 Å². The zero-order chi connectivity index (χ0) is 25.7. The lowest BCUT2D eigenvalue weighted by Gasteiger charge is -2.33. The van der Waals surface area contributed by atoms with Crippen molar-refractivity contribution < 1.29 is 27.1 Å². The average molecular weight is 591 g/mol. The maximum absolute atomic E-state index is 14.9. The first kappa shape index (κ1) is 25.8. The van der Waals surface area contributed by atoms with Crippen molar-refractivity contribution in [1.29, 1.82) is 0 Å². The number of rotatable bonds is 6. The van der Waals surface area contributed by atoms with E-state index >= 15 is 0 Å². The fraction of sp³-hybridized carbons (Fsp3) is 0.364. The number of nitrogens with one attached hydrogen (secondary N) is 2. The summed E-state index contributed by atoms with van der Waals surface area (Å²) in [7, 11) is -4.39. The Morgan fingerprint density at radius 3 is 2.71 bits per heavy atom. The Morgan fingerprint density at radius 2 is 2.06 bits per heavy atom. The number of benzene rings is 2. The van der Waals surface area contributed by atoms with E-state index < -0.39 is 39.2 Å². The topological polar surface area (TPSA) is 135 Å². The molecule has 0 saturated carbocycles. The van der Waals surface area contributed by atoms with Crippen LogP contribution in [0.15, 0.2) is 42.8 Å². The van der Waals surface area contributed by atoms with E-state index in [-0.39, 0.29) is 45.7 Å². The van der Waals surface area contributed by atoms with E-state index in [1.165, 1.54) is 31.2 Å². The average Bonchev–Trinajstić information content (AvgIpc) is 3.20. The van der Waals surface area contributed by atoms with Gasteiger partial charge in [0.05, 0.1) is 17.2 Å². The third-order valence-electron chi connectivity index (χ3n) is 6.09. The summed E-state index contributed by atoms with van der Waals surface area (Å²) in [5.74, 6) is -2.68. The third kappa shape index (κ3) is 4.77. The highest BCUT2D eigenvalue weighted by atomic mass is 79.9. The van der Waals surface area contributed by atoms with Gasteiger partial charge in [0.25, 0.3) is 0 Å².